The highest BCUT2D eigenvalue weighted by atomic mass is 16.5. The van der Waals surface area contributed by atoms with Gasteiger partial charge in [-0.15, -0.1) is 0 Å². The maximum atomic E-state index is 12.6. The normalized spacial score (nSPS) is 15.5. The summed E-state index contributed by atoms with van der Waals surface area (Å²) < 4.78 is 16.0. The summed E-state index contributed by atoms with van der Waals surface area (Å²) in [6.07, 6.45) is 4.07. The molecule has 1 aliphatic heterocycles. The number of carbonyl (C=O) groups excluding carboxylic acids is 2. The third-order valence-corrected chi connectivity index (χ3v) is 5.05. The van der Waals surface area contributed by atoms with Crippen molar-refractivity contribution >= 4 is 23.9 Å². The lowest BCUT2D eigenvalue weighted by Gasteiger charge is -2.31. The predicted molar refractivity (Wildman–Crippen MR) is 110 cm³/mol. The van der Waals surface area contributed by atoms with Crippen LogP contribution in [0.5, 0.6) is 17.2 Å². The molecule has 0 aliphatic carbocycles. The van der Waals surface area contributed by atoms with Crippen LogP contribution >= 0.6 is 0 Å². The van der Waals surface area contributed by atoms with Gasteiger partial charge in [0.1, 0.15) is 6.04 Å². The molecule has 164 valence electrons. The van der Waals surface area contributed by atoms with Crippen molar-refractivity contribution in [3.05, 3.63) is 23.8 Å². The summed E-state index contributed by atoms with van der Waals surface area (Å²) in [5.41, 5.74) is 0.667. The molecule has 9 heteroatoms. The fourth-order valence-corrected chi connectivity index (χ4v) is 3.28. The second-order valence-corrected chi connectivity index (χ2v) is 6.92. The first kappa shape index (κ1) is 23.1. The molecule has 2 amide bonds. The Labute approximate surface area is 175 Å². The summed E-state index contributed by atoms with van der Waals surface area (Å²) >= 11 is 0. The van der Waals surface area contributed by atoms with Gasteiger partial charge >= 0.3 is 5.97 Å². The summed E-state index contributed by atoms with van der Waals surface area (Å²) in [5, 5.41) is 11.4. The molecule has 1 atom stereocenters. The van der Waals surface area contributed by atoms with Gasteiger partial charge < -0.3 is 29.5 Å². The van der Waals surface area contributed by atoms with Gasteiger partial charge in [-0.25, -0.2) is 0 Å². The van der Waals surface area contributed by atoms with E-state index >= 15 is 0 Å². The number of carboxylic acid groups (broad SMARTS) is 1. The second-order valence-electron chi connectivity index (χ2n) is 6.92. The second kappa shape index (κ2) is 10.5. The fraction of sp³-hybridized carbons (Fsp3) is 0.476. The average molecular weight is 420 g/mol. The minimum absolute atomic E-state index is 0.176. The maximum absolute atomic E-state index is 12.6. The molecular formula is C21H28N2O7. The van der Waals surface area contributed by atoms with E-state index < -0.39 is 12.0 Å². The average Bonchev–Trinajstić information content (AvgIpc) is 2.76. The van der Waals surface area contributed by atoms with Crippen molar-refractivity contribution in [2.24, 2.45) is 5.92 Å². The Balaban J connectivity index is 1.99. The Bertz CT molecular complexity index is 814. The Morgan fingerprint density at radius 2 is 1.73 bits per heavy atom. The molecule has 1 aliphatic rings. The van der Waals surface area contributed by atoms with Gasteiger partial charge in [0.2, 0.25) is 17.6 Å². The van der Waals surface area contributed by atoms with Crippen LogP contribution in [0.3, 0.4) is 0 Å². The zero-order chi connectivity index (χ0) is 22.3. The Hall–Kier alpha value is -3.23. The van der Waals surface area contributed by atoms with Crippen LogP contribution in [-0.4, -0.2) is 68.3 Å². The smallest absolute Gasteiger partial charge is 0.325 e. The van der Waals surface area contributed by atoms with Crippen LogP contribution in [-0.2, 0) is 14.4 Å². The van der Waals surface area contributed by atoms with Crippen LogP contribution in [0, 0.1) is 5.92 Å². The first-order valence-electron chi connectivity index (χ1n) is 9.61. The van der Waals surface area contributed by atoms with E-state index in [0.29, 0.717) is 48.7 Å². The first-order chi connectivity index (χ1) is 14.3. The summed E-state index contributed by atoms with van der Waals surface area (Å²) in [5.74, 6) is -0.416. The van der Waals surface area contributed by atoms with Gasteiger partial charge in [0.25, 0.3) is 0 Å². The fourth-order valence-electron chi connectivity index (χ4n) is 3.28. The van der Waals surface area contributed by atoms with E-state index in [2.05, 4.69) is 5.32 Å². The Morgan fingerprint density at radius 3 is 2.27 bits per heavy atom. The van der Waals surface area contributed by atoms with E-state index in [1.165, 1.54) is 34.3 Å². The molecule has 1 saturated heterocycles. The van der Waals surface area contributed by atoms with Gasteiger partial charge in [-0.3, -0.25) is 14.4 Å². The molecule has 0 aromatic heterocycles. The summed E-state index contributed by atoms with van der Waals surface area (Å²) in [4.78, 5) is 37.2. The molecule has 1 unspecified atom stereocenters. The third-order valence-electron chi connectivity index (χ3n) is 5.05. The Kier molecular flexibility index (Phi) is 8.08. The van der Waals surface area contributed by atoms with Gasteiger partial charge in [0.15, 0.2) is 11.5 Å². The predicted octanol–water partition coefficient (Wildman–Crippen LogP) is 1.55. The molecule has 0 bridgehead atoms. The van der Waals surface area contributed by atoms with Crippen molar-refractivity contribution in [1.29, 1.82) is 0 Å². The van der Waals surface area contributed by atoms with E-state index in [0.717, 1.165) is 0 Å². The van der Waals surface area contributed by atoms with E-state index in [1.807, 2.05) is 0 Å². The number of carboxylic acids is 1. The standard InChI is InChI=1S/C21H28N2O7/c1-13(21(26)27)22-20(25)15-9-11-23(12-10-15)17(24)8-6-14-5-7-16(28-2)19(30-4)18(14)29-3/h5-8,13,15H,9-12H2,1-4H3,(H,22,25)(H,26,27)/b8-6+. The van der Waals surface area contributed by atoms with Crippen LogP contribution in [0.1, 0.15) is 25.3 Å². The monoisotopic (exact) mass is 420 g/mol. The van der Waals surface area contributed by atoms with Crippen LogP contribution in [0.15, 0.2) is 18.2 Å². The SMILES string of the molecule is COc1ccc(/C=C/C(=O)N2CCC(C(=O)NC(C)C(=O)O)CC2)c(OC)c1OC. The van der Waals surface area contributed by atoms with Gasteiger partial charge in [0, 0.05) is 30.6 Å². The first-order valence-corrected chi connectivity index (χ1v) is 9.61. The van der Waals surface area contributed by atoms with Gasteiger partial charge in [0.05, 0.1) is 21.3 Å². The van der Waals surface area contributed by atoms with Crippen molar-refractivity contribution in [2.75, 3.05) is 34.4 Å². The third kappa shape index (κ3) is 5.43. The van der Waals surface area contributed by atoms with E-state index in [9.17, 15) is 14.4 Å². The summed E-state index contributed by atoms with van der Waals surface area (Å²) in [6, 6.07) is 2.56. The molecule has 0 saturated carbocycles. The van der Waals surface area contributed by atoms with Gasteiger partial charge in [-0.2, -0.15) is 0 Å². The molecule has 30 heavy (non-hydrogen) atoms. The zero-order valence-corrected chi connectivity index (χ0v) is 17.6. The molecule has 0 radical (unpaired) electrons. The lowest BCUT2D eigenvalue weighted by atomic mass is 9.95. The highest BCUT2D eigenvalue weighted by Crippen LogP contribution is 2.40. The molecule has 1 fully saturated rings. The zero-order valence-electron chi connectivity index (χ0n) is 17.6. The number of nitrogens with one attached hydrogen (secondary N) is 1. The molecular weight excluding hydrogens is 392 g/mol. The molecule has 9 nitrogen and oxygen atoms in total. The minimum atomic E-state index is -1.08. The molecule has 2 rings (SSSR count). The minimum Gasteiger partial charge on any atom is -0.493 e. The van der Waals surface area contributed by atoms with Crippen LogP contribution in [0.4, 0.5) is 0 Å². The lowest BCUT2D eigenvalue weighted by molar-refractivity contribution is -0.142. The Morgan fingerprint density at radius 1 is 1.10 bits per heavy atom. The van der Waals surface area contributed by atoms with Crippen LogP contribution < -0.4 is 19.5 Å². The summed E-state index contributed by atoms with van der Waals surface area (Å²) in [7, 11) is 4.55. The van der Waals surface area contributed by atoms with Crippen LogP contribution in [0.25, 0.3) is 6.08 Å². The molecule has 2 N–H and O–H groups in total. The number of rotatable bonds is 8. The number of carbonyl (C=O) groups is 3. The maximum Gasteiger partial charge on any atom is 0.325 e. The van der Waals surface area contributed by atoms with E-state index in [4.69, 9.17) is 19.3 Å². The highest BCUT2D eigenvalue weighted by Gasteiger charge is 2.28. The van der Waals surface area contributed by atoms with E-state index in [1.54, 1.807) is 23.1 Å². The molecule has 1 heterocycles. The largest absolute Gasteiger partial charge is 0.493 e. The number of piperidine rings is 1. The molecule has 0 spiro atoms. The quantitative estimate of drug-likeness (QED) is 0.613. The number of hydrogen-bond acceptors (Lipinski definition) is 6. The van der Waals surface area contributed by atoms with Gasteiger partial charge in [-0.05, 0) is 38.0 Å². The number of benzene rings is 1. The van der Waals surface area contributed by atoms with Crippen molar-refractivity contribution < 1.29 is 33.7 Å². The number of aliphatic carboxylic acids is 1. The lowest BCUT2D eigenvalue weighted by Crippen LogP contribution is -2.46. The number of methoxy groups -OCH3 is 3. The van der Waals surface area contributed by atoms with Crippen LogP contribution in [0.2, 0.25) is 0 Å². The van der Waals surface area contributed by atoms with Gasteiger partial charge in [-0.1, -0.05) is 0 Å². The number of hydrogen-bond donors (Lipinski definition) is 2. The molecule has 1 aromatic carbocycles. The molecule has 1 aromatic rings. The van der Waals surface area contributed by atoms with Crippen molar-refractivity contribution in [1.82, 2.24) is 10.2 Å². The number of likely N-dealkylation sites (tertiary alicyclic amines) is 1. The topological polar surface area (TPSA) is 114 Å². The van der Waals surface area contributed by atoms with E-state index in [-0.39, 0.29) is 17.7 Å². The number of ether oxygens (including phenoxy) is 3. The number of amides is 2. The highest BCUT2D eigenvalue weighted by molar-refractivity contribution is 5.93. The summed E-state index contributed by atoms with van der Waals surface area (Å²) in [6.45, 7) is 2.27. The van der Waals surface area contributed by atoms with Crippen molar-refractivity contribution in [3.63, 3.8) is 0 Å². The van der Waals surface area contributed by atoms with Crippen molar-refractivity contribution in [2.45, 2.75) is 25.8 Å². The van der Waals surface area contributed by atoms with Crippen molar-refractivity contribution in [3.8, 4) is 17.2 Å². The number of nitrogens with zero attached hydrogens (tertiary/aromatic N) is 1.